The lowest BCUT2D eigenvalue weighted by Gasteiger charge is -2.33. The first-order chi connectivity index (χ1) is 19.5. The van der Waals surface area contributed by atoms with Gasteiger partial charge >= 0.3 is 6.03 Å². The number of rotatable bonds is 8. The molecule has 0 unspecified atom stereocenters. The highest BCUT2D eigenvalue weighted by atomic mass is 19.3. The van der Waals surface area contributed by atoms with Crippen LogP contribution in [0, 0.1) is 5.92 Å². The number of hydrogen-bond donors (Lipinski definition) is 2. The van der Waals surface area contributed by atoms with Gasteiger partial charge in [-0.2, -0.15) is 5.10 Å². The van der Waals surface area contributed by atoms with E-state index in [0.29, 0.717) is 22.6 Å². The highest BCUT2D eigenvalue weighted by molar-refractivity contribution is 5.93. The SMILES string of the molecule is NC(=O)N(Cc1cnn2cc([C@@H](NC(=O)c3nonc3C3CC3)C3CCC(F)(F)CC3)nc2c1)[C@H]1CCC(F)(F)C1. The number of nitrogens with one attached hydrogen (secondary N) is 1. The van der Waals surface area contributed by atoms with E-state index in [-0.39, 0.29) is 62.6 Å². The molecule has 3 fully saturated rings. The first-order valence-corrected chi connectivity index (χ1v) is 13.8. The van der Waals surface area contributed by atoms with Crippen LogP contribution in [0.25, 0.3) is 5.65 Å². The Morgan fingerprint density at radius 3 is 2.49 bits per heavy atom. The highest BCUT2D eigenvalue weighted by Gasteiger charge is 2.43. The number of halogens is 4. The largest absolute Gasteiger partial charge is 0.351 e. The number of fused-ring (bicyclic) bond motifs is 1. The maximum atomic E-state index is 14.0. The van der Waals surface area contributed by atoms with Crippen LogP contribution in [0.1, 0.15) is 97.2 Å². The average Bonchev–Trinajstić information content (AvgIpc) is 3.31. The molecule has 6 rings (SSSR count). The molecule has 3 amide bonds. The molecule has 3 aromatic rings. The van der Waals surface area contributed by atoms with E-state index < -0.39 is 42.3 Å². The topological polar surface area (TPSA) is 145 Å². The van der Waals surface area contributed by atoms with Gasteiger partial charge in [-0.05, 0) is 54.8 Å². The van der Waals surface area contributed by atoms with Gasteiger partial charge in [0.05, 0.1) is 24.1 Å². The zero-order chi connectivity index (χ0) is 28.9. The van der Waals surface area contributed by atoms with Crippen LogP contribution < -0.4 is 11.1 Å². The summed E-state index contributed by atoms with van der Waals surface area (Å²) >= 11 is 0. The van der Waals surface area contributed by atoms with Gasteiger partial charge in [0, 0.05) is 44.2 Å². The molecule has 0 bridgehead atoms. The lowest BCUT2D eigenvalue weighted by atomic mass is 9.81. The lowest BCUT2D eigenvalue weighted by Crippen LogP contribution is -2.42. The second kappa shape index (κ2) is 10.2. The quantitative estimate of drug-likeness (QED) is 0.378. The number of imidazole rings is 1. The van der Waals surface area contributed by atoms with E-state index in [1.165, 1.54) is 15.6 Å². The molecular weight excluding hydrogens is 548 g/mol. The van der Waals surface area contributed by atoms with Crippen LogP contribution in [0.4, 0.5) is 22.4 Å². The third-order valence-corrected chi connectivity index (χ3v) is 8.38. The Balaban J connectivity index is 1.26. The summed E-state index contributed by atoms with van der Waals surface area (Å²) in [6, 6.07) is -0.554. The zero-order valence-corrected chi connectivity index (χ0v) is 22.1. The summed E-state index contributed by atoms with van der Waals surface area (Å²) < 4.78 is 61.8. The van der Waals surface area contributed by atoms with Crippen molar-refractivity contribution in [3.05, 3.63) is 41.1 Å². The molecule has 3 aliphatic rings. The van der Waals surface area contributed by atoms with Crippen molar-refractivity contribution in [3.8, 4) is 0 Å². The van der Waals surface area contributed by atoms with Gasteiger partial charge in [-0.3, -0.25) is 4.79 Å². The summed E-state index contributed by atoms with van der Waals surface area (Å²) in [7, 11) is 0. The van der Waals surface area contributed by atoms with Crippen molar-refractivity contribution >= 4 is 17.6 Å². The van der Waals surface area contributed by atoms with E-state index in [0.717, 1.165) is 12.8 Å². The number of alkyl halides is 4. The number of carbonyl (C=O) groups is 2. The van der Waals surface area contributed by atoms with Gasteiger partial charge < -0.3 is 16.0 Å². The third-order valence-electron chi connectivity index (χ3n) is 8.38. The molecule has 0 aromatic carbocycles. The number of carbonyl (C=O) groups excluding carboxylic acids is 2. The average molecular weight is 579 g/mol. The Morgan fingerprint density at radius 1 is 1.10 bits per heavy atom. The van der Waals surface area contributed by atoms with Gasteiger partial charge in [0.15, 0.2) is 11.3 Å². The number of urea groups is 1. The molecule has 41 heavy (non-hydrogen) atoms. The molecule has 11 nitrogen and oxygen atoms in total. The van der Waals surface area contributed by atoms with Gasteiger partial charge in [-0.15, -0.1) is 0 Å². The number of hydrogen-bond acceptors (Lipinski definition) is 7. The van der Waals surface area contributed by atoms with Gasteiger partial charge in [0.2, 0.25) is 11.8 Å². The van der Waals surface area contributed by atoms with Crippen LogP contribution >= 0.6 is 0 Å². The Labute approximate surface area is 231 Å². The van der Waals surface area contributed by atoms with Crippen molar-refractivity contribution in [1.82, 2.24) is 35.1 Å². The van der Waals surface area contributed by atoms with Gasteiger partial charge in [0.25, 0.3) is 5.91 Å². The number of primary amides is 1. The number of nitrogens with zero attached hydrogens (tertiary/aromatic N) is 6. The molecular formula is C26H30F4N8O3. The predicted molar refractivity (Wildman–Crippen MR) is 134 cm³/mol. The maximum Gasteiger partial charge on any atom is 0.315 e. The fourth-order valence-corrected chi connectivity index (χ4v) is 5.96. The van der Waals surface area contributed by atoms with Crippen LogP contribution in [-0.2, 0) is 6.54 Å². The van der Waals surface area contributed by atoms with Crippen molar-refractivity contribution in [2.75, 3.05) is 0 Å². The van der Waals surface area contributed by atoms with E-state index in [2.05, 4.69) is 25.7 Å². The number of aromatic nitrogens is 5. The van der Waals surface area contributed by atoms with E-state index in [1.807, 2.05) is 0 Å². The molecule has 3 aliphatic carbocycles. The van der Waals surface area contributed by atoms with Gasteiger partial charge in [-0.25, -0.2) is 36.5 Å². The van der Waals surface area contributed by atoms with Gasteiger partial charge in [-0.1, -0.05) is 5.16 Å². The summed E-state index contributed by atoms with van der Waals surface area (Å²) in [5, 5.41) is 14.9. The van der Waals surface area contributed by atoms with Crippen LogP contribution in [0.2, 0.25) is 0 Å². The van der Waals surface area contributed by atoms with E-state index >= 15 is 0 Å². The summed E-state index contributed by atoms with van der Waals surface area (Å²) in [4.78, 5) is 31.2. The van der Waals surface area contributed by atoms with Crippen molar-refractivity contribution in [1.29, 1.82) is 0 Å². The fraction of sp³-hybridized carbons (Fsp3) is 0.615. The van der Waals surface area contributed by atoms with Crippen LogP contribution in [0.15, 0.2) is 23.1 Å². The van der Waals surface area contributed by atoms with Crippen LogP contribution in [-0.4, -0.2) is 59.6 Å². The summed E-state index contributed by atoms with van der Waals surface area (Å²) in [5.41, 5.74) is 7.41. The Morgan fingerprint density at radius 2 is 1.83 bits per heavy atom. The molecule has 0 saturated heterocycles. The van der Waals surface area contributed by atoms with Crippen molar-refractivity contribution in [3.63, 3.8) is 0 Å². The van der Waals surface area contributed by atoms with Crippen LogP contribution in [0.5, 0.6) is 0 Å². The maximum absolute atomic E-state index is 14.0. The second-order valence-corrected chi connectivity index (χ2v) is 11.5. The Bertz CT molecular complexity index is 1450. The lowest BCUT2D eigenvalue weighted by molar-refractivity contribution is -0.0495. The molecule has 3 aromatic heterocycles. The normalized spacial score (nSPS) is 23.0. The zero-order valence-electron chi connectivity index (χ0n) is 22.1. The molecule has 0 radical (unpaired) electrons. The smallest absolute Gasteiger partial charge is 0.315 e. The van der Waals surface area contributed by atoms with E-state index in [4.69, 9.17) is 10.4 Å². The Hall–Kier alpha value is -3.78. The molecule has 0 spiro atoms. The predicted octanol–water partition coefficient (Wildman–Crippen LogP) is 4.35. The third kappa shape index (κ3) is 5.84. The number of nitrogens with two attached hydrogens (primary N) is 1. The van der Waals surface area contributed by atoms with Gasteiger partial charge in [0.1, 0.15) is 5.69 Å². The molecule has 3 N–H and O–H groups in total. The minimum absolute atomic E-state index is 0.0251. The molecule has 220 valence electrons. The second-order valence-electron chi connectivity index (χ2n) is 11.5. The monoisotopic (exact) mass is 578 g/mol. The van der Waals surface area contributed by atoms with Crippen molar-refractivity contribution in [2.45, 2.75) is 94.2 Å². The fourth-order valence-electron chi connectivity index (χ4n) is 5.96. The molecule has 3 heterocycles. The molecule has 0 aliphatic heterocycles. The summed E-state index contributed by atoms with van der Waals surface area (Å²) in [5.74, 6) is -6.33. The first kappa shape index (κ1) is 27.4. The van der Waals surface area contributed by atoms with Crippen molar-refractivity contribution < 1.29 is 31.8 Å². The molecule has 2 atom stereocenters. The minimum atomic E-state index is -2.84. The van der Waals surface area contributed by atoms with E-state index in [1.54, 1.807) is 12.3 Å². The standard InChI is InChI=1S/C26H30F4N8O3/c27-25(28)6-3-16(4-7-25)20(34-23(39)22-21(15-1-2-15)35-41-36-22)18-13-38-19(33-18)9-14(11-32-38)12-37(24(31)40)17-5-8-26(29,30)10-17/h9,11,13,15-17,20H,1-8,10,12H2,(H2,31,40)(H,34,39)/t17-,20-/m0/s1. The number of amides is 3. The molecule has 15 heteroatoms. The van der Waals surface area contributed by atoms with Crippen LogP contribution in [0.3, 0.4) is 0 Å². The first-order valence-electron chi connectivity index (χ1n) is 13.8. The van der Waals surface area contributed by atoms with E-state index in [9.17, 15) is 27.2 Å². The highest BCUT2D eigenvalue weighted by Crippen LogP contribution is 2.43. The molecule has 3 saturated carbocycles. The minimum Gasteiger partial charge on any atom is -0.351 e. The summed E-state index contributed by atoms with van der Waals surface area (Å²) in [6.07, 6.45) is 3.99. The summed E-state index contributed by atoms with van der Waals surface area (Å²) in [6.45, 7) is -0.0251. The van der Waals surface area contributed by atoms with Crippen molar-refractivity contribution in [2.24, 2.45) is 11.7 Å². The Kier molecular flexibility index (Phi) is 6.85.